The Kier molecular flexibility index (Phi) is 9.03. The van der Waals surface area contributed by atoms with Crippen LogP contribution in [0.5, 0.6) is 0 Å². The second kappa shape index (κ2) is 11.5. The molecule has 5 heteroatoms. The van der Waals surface area contributed by atoms with Crippen LogP contribution in [0.4, 0.5) is 4.79 Å². The lowest BCUT2D eigenvalue weighted by Crippen LogP contribution is -2.45. The van der Waals surface area contributed by atoms with Crippen molar-refractivity contribution in [1.82, 2.24) is 9.80 Å². The predicted molar refractivity (Wildman–Crippen MR) is 134 cm³/mol. The summed E-state index contributed by atoms with van der Waals surface area (Å²) in [7, 11) is 1.93. The average molecular weight is 444 g/mol. The van der Waals surface area contributed by atoms with Gasteiger partial charge in [0.15, 0.2) is 0 Å². The van der Waals surface area contributed by atoms with Gasteiger partial charge in [0.2, 0.25) is 0 Å². The Morgan fingerprint density at radius 1 is 1.19 bits per heavy atom. The highest BCUT2D eigenvalue weighted by Crippen LogP contribution is 2.40. The second-order valence-electron chi connectivity index (χ2n) is 9.93. The monoisotopic (exact) mass is 443 g/mol. The van der Waals surface area contributed by atoms with Crippen molar-refractivity contribution < 1.29 is 4.79 Å². The lowest BCUT2D eigenvalue weighted by Gasteiger charge is -2.37. The summed E-state index contributed by atoms with van der Waals surface area (Å²) < 4.78 is 0. The highest BCUT2D eigenvalue weighted by atomic mass is 32.2. The summed E-state index contributed by atoms with van der Waals surface area (Å²) in [5.74, 6) is 1.63. The van der Waals surface area contributed by atoms with Crippen LogP contribution >= 0.6 is 11.8 Å². The van der Waals surface area contributed by atoms with Gasteiger partial charge in [-0.25, -0.2) is 9.79 Å². The van der Waals surface area contributed by atoms with Gasteiger partial charge in [0.25, 0.3) is 0 Å². The molecule has 1 saturated heterocycles. The van der Waals surface area contributed by atoms with Crippen LogP contribution in [0.15, 0.2) is 35.3 Å². The van der Waals surface area contributed by atoms with E-state index < -0.39 is 0 Å². The Balaban J connectivity index is 1.40. The van der Waals surface area contributed by atoms with Crippen molar-refractivity contribution in [2.75, 3.05) is 32.4 Å². The summed E-state index contributed by atoms with van der Waals surface area (Å²) in [6, 6.07) is 11.1. The first-order valence-corrected chi connectivity index (χ1v) is 13.1. The van der Waals surface area contributed by atoms with Crippen molar-refractivity contribution in [3.63, 3.8) is 0 Å². The van der Waals surface area contributed by atoms with Gasteiger partial charge in [-0.1, -0.05) is 51.1 Å². The van der Waals surface area contributed by atoms with Crippen LogP contribution in [0.3, 0.4) is 0 Å². The molecule has 0 bridgehead atoms. The number of hydrogen-bond donors (Lipinski definition) is 0. The van der Waals surface area contributed by atoms with Crippen LogP contribution in [-0.4, -0.2) is 65.8 Å². The van der Waals surface area contributed by atoms with Gasteiger partial charge in [0.1, 0.15) is 0 Å². The van der Waals surface area contributed by atoms with E-state index in [1.807, 2.05) is 29.9 Å². The van der Waals surface area contributed by atoms with Crippen LogP contribution in [0.1, 0.15) is 64.9 Å². The molecule has 1 aliphatic carbocycles. The molecule has 2 aliphatic rings. The van der Waals surface area contributed by atoms with Crippen molar-refractivity contribution in [1.29, 1.82) is 0 Å². The summed E-state index contributed by atoms with van der Waals surface area (Å²) in [6.07, 6.45) is 8.60. The summed E-state index contributed by atoms with van der Waals surface area (Å²) in [5.41, 5.74) is 1.70. The molecule has 0 radical (unpaired) electrons. The molecule has 1 heterocycles. The molecule has 1 saturated carbocycles. The van der Waals surface area contributed by atoms with Crippen LogP contribution in [0.25, 0.3) is 0 Å². The Hall–Kier alpha value is -1.33. The lowest BCUT2D eigenvalue weighted by atomic mass is 9.68. The molecule has 0 spiro atoms. The number of piperidine rings is 1. The van der Waals surface area contributed by atoms with Gasteiger partial charge in [0, 0.05) is 44.7 Å². The number of carbonyl (C=O) groups is 1. The first-order chi connectivity index (χ1) is 14.9. The number of aliphatic imine (C=N–C) groups is 1. The number of benzene rings is 1. The molecule has 0 unspecified atom stereocenters. The third-order valence-corrected chi connectivity index (χ3v) is 8.35. The van der Waals surface area contributed by atoms with Gasteiger partial charge < -0.3 is 9.80 Å². The molecule has 1 aromatic rings. The van der Waals surface area contributed by atoms with Crippen molar-refractivity contribution in [3.8, 4) is 0 Å². The normalized spacial score (nSPS) is 25.9. The van der Waals surface area contributed by atoms with Gasteiger partial charge in [-0.05, 0) is 60.7 Å². The molecule has 172 valence electrons. The van der Waals surface area contributed by atoms with Crippen LogP contribution in [0.2, 0.25) is 0 Å². The number of urea groups is 1. The number of amides is 2. The van der Waals surface area contributed by atoms with Crippen LogP contribution in [-0.2, 0) is 5.41 Å². The Labute approximate surface area is 193 Å². The zero-order valence-corrected chi connectivity index (χ0v) is 20.7. The highest BCUT2D eigenvalue weighted by molar-refractivity contribution is 7.99. The molecule has 1 aromatic carbocycles. The number of carbonyl (C=O) groups excluding carboxylic acids is 1. The zero-order chi connectivity index (χ0) is 22.3. The van der Waals surface area contributed by atoms with Crippen molar-refractivity contribution in [2.24, 2.45) is 10.9 Å². The Morgan fingerprint density at radius 3 is 2.45 bits per heavy atom. The Bertz CT molecular complexity index is 705. The molecular formula is C26H41N3OS. The van der Waals surface area contributed by atoms with Gasteiger partial charge in [-0.15, -0.1) is 0 Å². The third kappa shape index (κ3) is 7.08. The van der Waals surface area contributed by atoms with Crippen LogP contribution < -0.4 is 0 Å². The zero-order valence-electron chi connectivity index (χ0n) is 19.9. The van der Waals surface area contributed by atoms with Gasteiger partial charge in [-0.3, -0.25) is 0 Å². The minimum Gasteiger partial charge on any atom is -0.323 e. The maximum Gasteiger partial charge on any atom is 0.343 e. The largest absolute Gasteiger partial charge is 0.343 e. The van der Waals surface area contributed by atoms with Crippen molar-refractivity contribution in [2.45, 2.75) is 76.0 Å². The fourth-order valence-electron chi connectivity index (χ4n) is 4.92. The molecule has 31 heavy (non-hydrogen) atoms. The van der Waals surface area contributed by atoms with Crippen molar-refractivity contribution in [3.05, 3.63) is 35.9 Å². The fourth-order valence-corrected chi connectivity index (χ4v) is 5.75. The van der Waals surface area contributed by atoms with E-state index in [9.17, 15) is 4.79 Å². The van der Waals surface area contributed by atoms with E-state index in [-0.39, 0.29) is 11.4 Å². The summed E-state index contributed by atoms with van der Waals surface area (Å²) >= 11 is 2.03. The van der Waals surface area contributed by atoms with E-state index in [0.29, 0.717) is 17.2 Å². The number of likely N-dealkylation sites (tertiary alicyclic amines) is 1. The smallest absolute Gasteiger partial charge is 0.323 e. The molecule has 1 aliphatic heterocycles. The summed E-state index contributed by atoms with van der Waals surface area (Å²) in [5, 5.41) is 0.704. The van der Waals surface area contributed by atoms with Crippen molar-refractivity contribution >= 4 is 24.0 Å². The SMILES string of the molecule is CC(C)SCCN1CCC(N(C)C(=O)/N=C\C2CCC(C)(c3ccccc3)CC2)CC1. The maximum absolute atomic E-state index is 12.7. The average Bonchev–Trinajstić information content (AvgIpc) is 2.79. The van der Waals surface area contributed by atoms with Gasteiger partial charge >= 0.3 is 6.03 Å². The minimum absolute atomic E-state index is 0.0646. The first kappa shape index (κ1) is 24.3. The molecule has 4 nitrogen and oxygen atoms in total. The van der Waals surface area contributed by atoms with E-state index in [4.69, 9.17) is 0 Å². The minimum atomic E-state index is -0.0646. The molecule has 0 atom stereocenters. The molecule has 2 fully saturated rings. The topological polar surface area (TPSA) is 35.9 Å². The van der Waals surface area contributed by atoms with Gasteiger partial charge in [0.05, 0.1) is 0 Å². The quantitative estimate of drug-likeness (QED) is 0.495. The maximum atomic E-state index is 12.7. The standard InChI is InChI=1S/C26H41N3OS/c1-21(2)31-19-18-29-16-12-24(13-17-29)28(4)25(30)27-20-22-10-14-26(3,15-11-22)23-8-6-5-7-9-23/h5-9,20-22,24H,10-19H2,1-4H3/b27-20-. The van der Waals surface area contributed by atoms with E-state index in [0.717, 1.165) is 58.2 Å². The number of hydrogen-bond acceptors (Lipinski definition) is 3. The number of nitrogens with zero attached hydrogens (tertiary/aromatic N) is 3. The van der Waals surface area contributed by atoms with E-state index >= 15 is 0 Å². The number of rotatable bonds is 7. The van der Waals surface area contributed by atoms with E-state index in [1.165, 1.54) is 11.3 Å². The molecular weight excluding hydrogens is 402 g/mol. The molecule has 3 rings (SSSR count). The van der Waals surface area contributed by atoms with Gasteiger partial charge in [-0.2, -0.15) is 11.8 Å². The summed E-state index contributed by atoms with van der Waals surface area (Å²) in [6.45, 7) is 10.2. The Morgan fingerprint density at radius 2 is 1.84 bits per heavy atom. The second-order valence-corrected chi connectivity index (χ2v) is 11.6. The van der Waals surface area contributed by atoms with E-state index in [2.05, 4.69) is 61.0 Å². The van der Waals surface area contributed by atoms with Crippen LogP contribution in [0, 0.1) is 5.92 Å². The summed E-state index contributed by atoms with van der Waals surface area (Å²) in [4.78, 5) is 21.5. The highest BCUT2D eigenvalue weighted by Gasteiger charge is 2.32. The third-order valence-electron chi connectivity index (χ3n) is 7.27. The predicted octanol–water partition coefficient (Wildman–Crippen LogP) is 5.86. The molecule has 0 aromatic heterocycles. The van der Waals surface area contributed by atoms with E-state index in [1.54, 1.807) is 0 Å². The first-order valence-electron chi connectivity index (χ1n) is 12.1. The lowest BCUT2D eigenvalue weighted by molar-refractivity contribution is 0.144. The molecule has 0 N–H and O–H groups in total. The molecule has 2 amide bonds. The number of thioether (sulfide) groups is 1. The fraction of sp³-hybridized carbons (Fsp3) is 0.692.